The molecule has 0 amide bonds. The van der Waals surface area contributed by atoms with Crippen LogP contribution in [-0.2, 0) is 4.74 Å². The van der Waals surface area contributed by atoms with E-state index in [0.29, 0.717) is 5.56 Å². The Kier molecular flexibility index (Phi) is 5.41. The third-order valence-corrected chi connectivity index (χ3v) is 3.69. The molecule has 0 heterocycles. The summed E-state index contributed by atoms with van der Waals surface area (Å²) in [6.45, 7) is 2.57. The minimum Gasteiger partial charge on any atom is -0.451 e. The van der Waals surface area contributed by atoms with Crippen molar-refractivity contribution >= 4 is 23.1 Å². The number of Topliss-reactive ketones (excluding diaryl/α,β-unsaturated/α-hetero) is 1. The summed E-state index contributed by atoms with van der Waals surface area (Å²) in [5.41, 5.74) is -1.37. The number of hydrogen-bond donors (Lipinski definition) is 0. The maximum atomic E-state index is 12.2. The van der Waals surface area contributed by atoms with E-state index in [1.807, 2.05) is 0 Å². The summed E-state index contributed by atoms with van der Waals surface area (Å²) in [7, 11) is 0. The Morgan fingerprint density at radius 2 is 1.46 bits per heavy atom. The van der Waals surface area contributed by atoms with Crippen LogP contribution in [0.4, 0.5) is 11.4 Å². The summed E-state index contributed by atoms with van der Waals surface area (Å²) in [5.74, 6) is -1.52. The van der Waals surface area contributed by atoms with Gasteiger partial charge >= 0.3 is 5.97 Å². The Morgan fingerprint density at radius 3 is 1.92 bits per heavy atom. The highest BCUT2D eigenvalue weighted by Gasteiger charge is 2.27. The van der Waals surface area contributed by atoms with E-state index in [4.69, 9.17) is 4.74 Å². The molecule has 2 rings (SSSR count). The van der Waals surface area contributed by atoms with Gasteiger partial charge in [-0.1, -0.05) is 30.3 Å². The summed E-state index contributed by atoms with van der Waals surface area (Å²) in [6, 6.07) is 9.90. The van der Waals surface area contributed by atoms with Gasteiger partial charge in [0.2, 0.25) is 5.78 Å². The molecule has 9 nitrogen and oxygen atoms in total. The standard InChI is InChI=1S/C17H14N2O7/c1-10-14(18(22)23)8-13(9-15(10)19(24)25)17(21)26-11(2)16(20)12-6-4-3-5-7-12/h3-9,11H,1-2H3/t11-/m0/s1. The van der Waals surface area contributed by atoms with Crippen molar-refractivity contribution in [2.75, 3.05) is 0 Å². The molecule has 0 saturated carbocycles. The Hall–Kier alpha value is -3.62. The quantitative estimate of drug-likeness (QED) is 0.335. The Morgan fingerprint density at radius 1 is 0.962 bits per heavy atom. The van der Waals surface area contributed by atoms with Crippen LogP contribution in [0.25, 0.3) is 0 Å². The van der Waals surface area contributed by atoms with Gasteiger partial charge in [-0.3, -0.25) is 25.0 Å². The molecule has 134 valence electrons. The van der Waals surface area contributed by atoms with E-state index in [1.54, 1.807) is 30.3 Å². The number of benzene rings is 2. The average molecular weight is 358 g/mol. The predicted octanol–water partition coefficient (Wildman–Crippen LogP) is 3.24. The second-order valence-electron chi connectivity index (χ2n) is 5.43. The predicted molar refractivity (Wildman–Crippen MR) is 90.1 cm³/mol. The smallest absolute Gasteiger partial charge is 0.339 e. The van der Waals surface area contributed by atoms with E-state index in [0.717, 1.165) is 12.1 Å². The number of nitrogens with zero attached hydrogens (tertiary/aromatic N) is 2. The number of carbonyl (C=O) groups is 2. The summed E-state index contributed by atoms with van der Waals surface area (Å²) < 4.78 is 5.03. The minimum atomic E-state index is -1.16. The van der Waals surface area contributed by atoms with Gasteiger partial charge in [-0.05, 0) is 13.8 Å². The van der Waals surface area contributed by atoms with Crippen molar-refractivity contribution in [3.8, 4) is 0 Å². The van der Waals surface area contributed by atoms with Crippen LogP contribution in [0, 0.1) is 27.2 Å². The highest BCUT2D eigenvalue weighted by molar-refractivity contribution is 6.01. The lowest BCUT2D eigenvalue weighted by Gasteiger charge is -2.12. The number of ether oxygens (including phenoxy) is 1. The molecule has 0 N–H and O–H groups in total. The first-order valence-electron chi connectivity index (χ1n) is 7.46. The van der Waals surface area contributed by atoms with Crippen molar-refractivity contribution in [1.82, 2.24) is 0 Å². The maximum Gasteiger partial charge on any atom is 0.339 e. The van der Waals surface area contributed by atoms with Gasteiger partial charge in [-0.25, -0.2) is 4.79 Å². The average Bonchev–Trinajstić information content (AvgIpc) is 2.61. The fourth-order valence-corrected chi connectivity index (χ4v) is 2.30. The lowest BCUT2D eigenvalue weighted by atomic mass is 10.1. The van der Waals surface area contributed by atoms with Gasteiger partial charge in [0.05, 0.1) is 15.4 Å². The van der Waals surface area contributed by atoms with Crippen LogP contribution >= 0.6 is 0 Å². The summed E-state index contributed by atoms with van der Waals surface area (Å²) in [4.78, 5) is 44.9. The molecular formula is C17H14N2O7. The summed E-state index contributed by atoms with van der Waals surface area (Å²) >= 11 is 0. The number of ketones is 1. The van der Waals surface area contributed by atoms with E-state index in [-0.39, 0.29) is 11.1 Å². The fourth-order valence-electron chi connectivity index (χ4n) is 2.30. The van der Waals surface area contributed by atoms with Crippen molar-refractivity contribution in [3.63, 3.8) is 0 Å². The number of rotatable bonds is 6. The molecule has 2 aromatic rings. The Labute approximate surface area is 147 Å². The SMILES string of the molecule is Cc1c([N+](=O)[O-])cc(C(=O)O[C@@H](C)C(=O)c2ccccc2)cc1[N+](=O)[O-]. The molecule has 1 atom stereocenters. The van der Waals surface area contributed by atoms with Crippen LogP contribution in [0.15, 0.2) is 42.5 Å². The zero-order valence-electron chi connectivity index (χ0n) is 13.9. The van der Waals surface area contributed by atoms with Crippen LogP contribution in [0.3, 0.4) is 0 Å². The Balaban J connectivity index is 2.30. The van der Waals surface area contributed by atoms with Gasteiger partial charge < -0.3 is 4.74 Å². The lowest BCUT2D eigenvalue weighted by molar-refractivity contribution is -0.395. The van der Waals surface area contributed by atoms with Crippen molar-refractivity contribution in [2.45, 2.75) is 20.0 Å². The molecule has 0 fully saturated rings. The van der Waals surface area contributed by atoms with Gasteiger partial charge in [0.1, 0.15) is 5.56 Å². The van der Waals surface area contributed by atoms with Crippen LogP contribution in [-0.4, -0.2) is 27.7 Å². The fraction of sp³-hybridized carbons (Fsp3) is 0.176. The highest BCUT2D eigenvalue weighted by Crippen LogP contribution is 2.29. The third kappa shape index (κ3) is 3.89. The Bertz CT molecular complexity index is 858. The number of nitro benzene ring substituents is 2. The molecule has 0 aliphatic carbocycles. The van der Waals surface area contributed by atoms with E-state index < -0.39 is 39.1 Å². The minimum absolute atomic E-state index is 0.176. The molecule has 0 aliphatic rings. The van der Waals surface area contributed by atoms with Crippen LogP contribution in [0.1, 0.15) is 33.2 Å². The highest BCUT2D eigenvalue weighted by atomic mass is 16.6. The van der Waals surface area contributed by atoms with Gasteiger partial charge in [0.15, 0.2) is 6.10 Å². The van der Waals surface area contributed by atoms with Crippen molar-refractivity contribution in [2.24, 2.45) is 0 Å². The van der Waals surface area contributed by atoms with Crippen molar-refractivity contribution in [3.05, 3.63) is 79.4 Å². The zero-order valence-corrected chi connectivity index (χ0v) is 13.9. The molecule has 26 heavy (non-hydrogen) atoms. The number of nitro groups is 2. The van der Waals surface area contributed by atoms with E-state index in [9.17, 15) is 29.8 Å². The topological polar surface area (TPSA) is 130 Å². The summed E-state index contributed by atoms with van der Waals surface area (Å²) in [6.07, 6.45) is -1.16. The van der Waals surface area contributed by atoms with Crippen molar-refractivity contribution in [1.29, 1.82) is 0 Å². The number of hydrogen-bond acceptors (Lipinski definition) is 7. The molecular weight excluding hydrogens is 344 g/mol. The molecule has 2 aromatic carbocycles. The molecule has 0 spiro atoms. The number of esters is 1. The first kappa shape index (κ1) is 18.7. The largest absolute Gasteiger partial charge is 0.451 e. The molecule has 0 bridgehead atoms. The molecule has 0 aliphatic heterocycles. The van der Waals surface area contributed by atoms with Gasteiger partial charge in [0, 0.05) is 17.7 Å². The van der Waals surface area contributed by atoms with Crippen LogP contribution in [0.2, 0.25) is 0 Å². The van der Waals surface area contributed by atoms with E-state index in [2.05, 4.69) is 0 Å². The van der Waals surface area contributed by atoms with Gasteiger partial charge in [-0.2, -0.15) is 0 Å². The van der Waals surface area contributed by atoms with E-state index in [1.165, 1.54) is 13.8 Å². The van der Waals surface area contributed by atoms with Crippen LogP contribution < -0.4 is 0 Å². The van der Waals surface area contributed by atoms with Crippen molar-refractivity contribution < 1.29 is 24.2 Å². The second kappa shape index (κ2) is 7.51. The molecule has 0 saturated heterocycles. The first-order valence-corrected chi connectivity index (χ1v) is 7.46. The van der Waals surface area contributed by atoms with Gasteiger partial charge in [0.25, 0.3) is 11.4 Å². The van der Waals surface area contributed by atoms with E-state index >= 15 is 0 Å². The normalized spacial score (nSPS) is 11.5. The summed E-state index contributed by atoms with van der Waals surface area (Å²) in [5, 5.41) is 22.1. The number of carbonyl (C=O) groups excluding carboxylic acids is 2. The molecule has 0 radical (unpaired) electrons. The molecule has 9 heteroatoms. The van der Waals surface area contributed by atoms with Crippen LogP contribution in [0.5, 0.6) is 0 Å². The maximum absolute atomic E-state index is 12.2. The second-order valence-corrected chi connectivity index (χ2v) is 5.43. The lowest BCUT2D eigenvalue weighted by Crippen LogP contribution is -2.24. The molecule has 0 aromatic heterocycles. The molecule has 0 unspecified atom stereocenters. The zero-order chi connectivity index (χ0) is 19.4. The third-order valence-electron chi connectivity index (χ3n) is 3.69. The van der Waals surface area contributed by atoms with Gasteiger partial charge in [-0.15, -0.1) is 0 Å². The monoisotopic (exact) mass is 358 g/mol. The first-order chi connectivity index (χ1) is 12.2.